The van der Waals surface area contributed by atoms with Gasteiger partial charge in [0.05, 0.1) is 13.2 Å². The molecule has 0 aliphatic carbocycles. The van der Waals surface area contributed by atoms with Crippen molar-refractivity contribution in [3.8, 4) is 0 Å². The lowest BCUT2D eigenvalue weighted by molar-refractivity contribution is 0.126. The predicted octanol–water partition coefficient (Wildman–Crippen LogP) is 1.26. The molecular formula is C12H21N3O. The van der Waals surface area contributed by atoms with Crippen molar-refractivity contribution >= 4 is 11.4 Å². The van der Waals surface area contributed by atoms with E-state index in [0.717, 1.165) is 31.1 Å². The van der Waals surface area contributed by atoms with Crippen molar-refractivity contribution in [2.75, 3.05) is 51.4 Å². The van der Waals surface area contributed by atoms with Crippen molar-refractivity contribution in [3.05, 3.63) is 24.3 Å². The highest BCUT2D eigenvalue weighted by Gasteiger charge is 1.93. The van der Waals surface area contributed by atoms with Gasteiger partial charge < -0.3 is 20.7 Å². The van der Waals surface area contributed by atoms with Crippen LogP contribution in [-0.4, -0.2) is 45.3 Å². The molecule has 0 aliphatic heterocycles. The maximum atomic E-state index is 5.67. The summed E-state index contributed by atoms with van der Waals surface area (Å²) in [6, 6.07) is 7.72. The van der Waals surface area contributed by atoms with E-state index in [1.165, 1.54) is 0 Å². The smallest absolute Gasteiger partial charge is 0.0639 e. The van der Waals surface area contributed by atoms with Crippen LogP contribution in [0.3, 0.4) is 0 Å². The number of ether oxygens (including phenoxy) is 1. The van der Waals surface area contributed by atoms with Gasteiger partial charge in [0.15, 0.2) is 0 Å². The molecule has 0 aliphatic rings. The summed E-state index contributed by atoms with van der Waals surface area (Å²) < 4.78 is 5.46. The van der Waals surface area contributed by atoms with Crippen LogP contribution in [0.5, 0.6) is 0 Å². The molecule has 0 aromatic heterocycles. The number of nitrogens with two attached hydrogens (primary N) is 1. The lowest BCUT2D eigenvalue weighted by Gasteiger charge is -2.10. The number of likely N-dealkylation sites (N-methyl/N-ethyl adjacent to an activating group) is 1. The number of rotatable bonds is 7. The van der Waals surface area contributed by atoms with E-state index in [1.54, 1.807) is 0 Å². The Bertz CT molecular complexity index is 302. The summed E-state index contributed by atoms with van der Waals surface area (Å²) in [6.07, 6.45) is 0. The molecule has 1 aromatic carbocycles. The third-order valence-electron chi connectivity index (χ3n) is 2.14. The van der Waals surface area contributed by atoms with E-state index in [0.29, 0.717) is 6.61 Å². The first-order valence-electron chi connectivity index (χ1n) is 5.50. The molecule has 16 heavy (non-hydrogen) atoms. The Balaban J connectivity index is 2.07. The van der Waals surface area contributed by atoms with Crippen LogP contribution in [0.25, 0.3) is 0 Å². The summed E-state index contributed by atoms with van der Waals surface area (Å²) in [6.45, 7) is 3.24. The molecule has 1 aromatic rings. The highest BCUT2D eigenvalue weighted by atomic mass is 16.5. The zero-order chi connectivity index (χ0) is 11.8. The second-order valence-corrected chi connectivity index (χ2v) is 3.97. The number of anilines is 2. The fraction of sp³-hybridized carbons (Fsp3) is 0.500. The Morgan fingerprint density at radius 3 is 2.81 bits per heavy atom. The quantitative estimate of drug-likeness (QED) is 0.540. The lowest BCUT2D eigenvalue weighted by Crippen LogP contribution is -2.20. The van der Waals surface area contributed by atoms with Gasteiger partial charge in [0.2, 0.25) is 0 Å². The summed E-state index contributed by atoms with van der Waals surface area (Å²) in [7, 11) is 4.07. The van der Waals surface area contributed by atoms with Gasteiger partial charge in [-0.3, -0.25) is 0 Å². The number of hydrogen-bond donors (Lipinski definition) is 2. The topological polar surface area (TPSA) is 50.5 Å². The van der Waals surface area contributed by atoms with E-state index in [1.807, 2.05) is 38.4 Å². The maximum absolute atomic E-state index is 5.67. The largest absolute Gasteiger partial charge is 0.399 e. The van der Waals surface area contributed by atoms with Crippen molar-refractivity contribution in [2.45, 2.75) is 0 Å². The van der Waals surface area contributed by atoms with Gasteiger partial charge in [-0.1, -0.05) is 6.07 Å². The molecule has 0 amide bonds. The van der Waals surface area contributed by atoms with E-state index in [4.69, 9.17) is 10.5 Å². The molecule has 0 spiro atoms. The van der Waals surface area contributed by atoms with Crippen molar-refractivity contribution in [2.24, 2.45) is 0 Å². The molecule has 0 saturated carbocycles. The summed E-state index contributed by atoms with van der Waals surface area (Å²) in [5.41, 5.74) is 7.48. The second-order valence-electron chi connectivity index (χ2n) is 3.97. The molecule has 4 heteroatoms. The van der Waals surface area contributed by atoms with Crippen LogP contribution in [0.4, 0.5) is 11.4 Å². The van der Waals surface area contributed by atoms with Gasteiger partial charge in [0, 0.05) is 24.5 Å². The third-order valence-corrected chi connectivity index (χ3v) is 2.14. The average molecular weight is 223 g/mol. The van der Waals surface area contributed by atoms with Crippen LogP contribution in [0.2, 0.25) is 0 Å². The first-order valence-corrected chi connectivity index (χ1v) is 5.50. The maximum Gasteiger partial charge on any atom is 0.0639 e. The van der Waals surface area contributed by atoms with Crippen LogP contribution < -0.4 is 11.1 Å². The Morgan fingerprint density at radius 2 is 2.12 bits per heavy atom. The Morgan fingerprint density at radius 1 is 1.31 bits per heavy atom. The summed E-state index contributed by atoms with van der Waals surface area (Å²) >= 11 is 0. The molecule has 0 bridgehead atoms. The Hall–Kier alpha value is -1.26. The molecule has 0 fully saturated rings. The Kier molecular flexibility index (Phi) is 5.67. The molecule has 0 unspecified atom stereocenters. The minimum Gasteiger partial charge on any atom is -0.399 e. The van der Waals surface area contributed by atoms with Gasteiger partial charge in [-0.2, -0.15) is 0 Å². The second kappa shape index (κ2) is 7.09. The molecule has 90 valence electrons. The highest BCUT2D eigenvalue weighted by molar-refractivity contribution is 5.53. The van der Waals surface area contributed by atoms with Crippen LogP contribution in [-0.2, 0) is 4.74 Å². The molecular weight excluding hydrogens is 202 g/mol. The highest BCUT2D eigenvalue weighted by Crippen LogP contribution is 2.10. The first-order chi connectivity index (χ1) is 7.68. The van der Waals surface area contributed by atoms with Crippen molar-refractivity contribution in [1.82, 2.24) is 4.90 Å². The van der Waals surface area contributed by atoms with Crippen LogP contribution in [0.1, 0.15) is 0 Å². The normalized spacial score (nSPS) is 10.7. The zero-order valence-corrected chi connectivity index (χ0v) is 10.1. The van der Waals surface area contributed by atoms with E-state index in [-0.39, 0.29) is 0 Å². The molecule has 1 rings (SSSR count). The predicted molar refractivity (Wildman–Crippen MR) is 68.7 cm³/mol. The fourth-order valence-electron chi connectivity index (χ4n) is 1.27. The molecule has 0 radical (unpaired) electrons. The zero-order valence-electron chi connectivity index (χ0n) is 10.1. The van der Waals surface area contributed by atoms with Gasteiger partial charge >= 0.3 is 0 Å². The van der Waals surface area contributed by atoms with E-state index < -0.39 is 0 Å². The van der Waals surface area contributed by atoms with E-state index in [2.05, 4.69) is 10.2 Å². The van der Waals surface area contributed by atoms with Gasteiger partial charge in [-0.05, 0) is 32.3 Å². The average Bonchev–Trinajstić information content (AvgIpc) is 2.23. The van der Waals surface area contributed by atoms with E-state index >= 15 is 0 Å². The molecule has 3 N–H and O–H groups in total. The minimum absolute atomic E-state index is 0.711. The molecule has 0 atom stereocenters. The third kappa shape index (κ3) is 5.58. The van der Waals surface area contributed by atoms with E-state index in [9.17, 15) is 0 Å². The molecule has 0 heterocycles. The van der Waals surface area contributed by atoms with Gasteiger partial charge in [-0.25, -0.2) is 0 Å². The van der Waals surface area contributed by atoms with Crippen LogP contribution in [0.15, 0.2) is 24.3 Å². The van der Waals surface area contributed by atoms with Gasteiger partial charge in [-0.15, -0.1) is 0 Å². The first kappa shape index (κ1) is 12.8. The number of nitrogen functional groups attached to an aromatic ring is 1. The summed E-state index contributed by atoms with van der Waals surface area (Å²) in [5.74, 6) is 0. The van der Waals surface area contributed by atoms with Crippen molar-refractivity contribution in [1.29, 1.82) is 0 Å². The van der Waals surface area contributed by atoms with Crippen molar-refractivity contribution in [3.63, 3.8) is 0 Å². The van der Waals surface area contributed by atoms with Crippen LogP contribution in [0, 0.1) is 0 Å². The Labute approximate surface area is 97.4 Å². The number of nitrogens with one attached hydrogen (secondary N) is 1. The molecule has 0 saturated heterocycles. The monoisotopic (exact) mass is 223 g/mol. The standard InChI is InChI=1S/C12H21N3O/c1-15(2)7-9-16-8-6-14-12-5-3-4-11(13)10-12/h3-5,10,14H,6-9,13H2,1-2H3. The number of benzene rings is 1. The van der Waals surface area contributed by atoms with Gasteiger partial charge in [0.1, 0.15) is 0 Å². The SMILES string of the molecule is CN(C)CCOCCNc1cccc(N)c1. The van der Waals surface area contributed by atoms with Crippen molar-refractivity contribution < 1.29 is 4.74 Å². The minimum atomic E-state index is 0.711. The van der Waals surface area contributed by atoms with Crippen LogP contribution >= 0.6 is 0 Å². The lowest BCUT2D eigenvalue weighted by atomic mass is 10.3. The number of nitrogens with zero attached hydrogens (tertiary/aromatic N) is 1. The summed E-state index contributed by atoms with van der Waals surface area (Å²) in [5, 5.41) is 3.25. The molecule has 4 nitrogen and oxygen atoms in total. The number of hydrogen-bond acceptors (Lipinski definition) is 4. The fourth-order valence-corrected chi connectivity index (χ4v) is 1.27. The summed E-state index contributed by atoms with van der Waals surface area (Å²) in [4.78, 5) is 2.10. The van der Waals surface area contributed by atoms with Gasteiger partial charge in [0.25, 0.3) is 0 Å².